The monoisotopic (exact) mass is 349 g/mol. The van der Waals surface area contributed by atoms with E-state index in [4.69, 9.17) is 4.74 Å². The Bertz CT molecular complexity index is 609. The van der Waals surface area contributed by atoms with Crippen LogP contribution in [-0.4, -0.2) is 30.1 Å². The summed E-state index contributed by atoms with van der Waals surface area (Å²) in [5, 5.41) is 8.10. The number of carbonyl (C=O) groups excluding carboxylic acids is 3. The molecule has 138 valence electrons. The third-order valence-electron chi connectivity index (χ3n) is 3.11. The smallest absolute Gasteiger partial charge is 0.407 e. The van der Waals surface area contributed by atoms with Crippen LogP contribution < -0.4 is 16.0 Å². The number of amides is 3. The van der Waals surface area contributed by atoms with Crippen LogP contribution in [0.25, 0.3) is 0 Å². The lowest BCUT2D eigenvalue weighted by molar-refractivity contribution is -0.121. The van der Waals surface area contributed by atoms with Gasteiger partial charge in [-0.3, -0.25) is 9.59 Å². The van der Waals surface area contributed by atoms with E-state index in [1.165, 1.54) is 0 Å². The van der Waals surface area contributed by atoms with Gasteiger partial charge in [0.1, 0.15) is 5.60 Å². The third-order valence-corrected chi connectivity index (χ3v) is 3.11. The van der Waals surface area contributed by atoms with E-state index >= 15 is 0 Å². The topological polar surface area (TPSA) is 96.5 Å². The van der Waals surface area contributed by atoms with Crippen LogP contribution in [0.4, 0.5) is 10.5 Å². The molecule has 0 aromatic heterocycles. The van der Waals surface area contributed by atoms with Crippen molar-refractivity contribution in [2.24, 2.45) is 0 Å². The number of para-hydroxylation sites is 1. The van der Waals surface area contributed by atoms with E-state index in [0.29, 0.717) is 18.7 Å². The number of carbonyl (C=O) groups is 3. The van der Waals surface area contributed by atoms with Gasteiger partial charge < -0.3 is 20.7 Å². The van der Waals surface area contributed by atoms with Gasteiger partial charge in [0, 0.05) is 31.6 Å². The molecule has 0 aliphatic heterocycles. The highest BCUT2D eigenvalue weighted by Crippen LogP contribution is 2.15. The summed E-state index contributed by atoms with van der Waals surface area (Å²) in [7, 11) is 0. The largest absolute Gasteiger partial charge is 0.444 e. The first-order valence-electron chi connectivity index (χ1n) is 8.32. The van der Waals surface area contributed by atoms with E-state index in [1.807, 2.05) is 18.2 Å². The van der Waals surface area contributed by atoms with Crippen molar-refractivity contribution >= 4 is 23.6 Å². The molecular formula is C18H27N3O4. The van der Waals surface area contributed by atoms with Crippen molar-refractivity contribution in [3.05, 3.63) is 29.8 Å². The summed E-state index contributed by atoms with van der Waals surface area (Å²) in [5.41, 5.74) is 0.929. The molecule has 0 bridgehead atoms. The number of benzene rings is 1. The molecule has 0 heterocycles. The Hall–Kier alpha value is -2.57. The van der Waals surface area contributed by atoms with Crippen LogP contribution in [0, 0.1) is 0 Å². The fourth-order valence-corrected chi connectivity index (χ4v) is 1.91. The normalized spacial score (nSPS) is 10.7. The maximum absolute atomic E-state index is 11.9. The molecule has 7 nitrogen and oxygen atoms in total. The van der Waals surface area contributed by atoms with Crippen molar-refractivity contribution in [2.75, 3.05) is 11.9 Å². The molecule has 0 spiro atoms. The minimum atomic E-state index is -0.570. The van der Waals surface area contributed by atoms with Crippen LogP contribution in [0.15, 0.2) is 24.3 Å². The Kier molecular flexibility index (Phi) is 7.91. The number of alkyl carbamates (subject to hydrolysis) is 1. The molecule has 3 N–H and O–H groups in total. The highest BCUT2D eigenvalue weighted by molar-refractivity contribution is 5.91. The van der Waals surface area contributed by atoms with Crippen molar-refractivity contribution in [1.29, 1.82) is 0 Å². The molecule has 1 aromatic rings. The number of hydrogen-bond donors (Lipinski definition) is 3. The highest BCUT2D eigenvalue weighted by Gasteiger charge is 2.15. The predicted octanol–water partition coefficient (Wildman–Crippen LogP) is 2.57. The van der Waals surface area contributed by atoms with Crippen LogP contribution in [0.3, 0.4) is 0 Å². The molecule has 0 saturated heterocycles. The zero-order valence-corrected chi connectivity index (χ0v) is 15.3. The molecule has 0 fully saturated rings. The zero-order valence-electron chi connectivity index (χ0n) is 15.3. The maximum atomic E-state index is 11.9. The van der Waals surface area contributed by atoms with Gasteiger partial charge in [-0.25, -0.2) is 4.79 Å². The van der Waals surface area contributed by atoms with Gasteiger partial charge in [-0.2, -0.15) is 0 Å². The van der Waals surface area contributed by atoms with Crippen molar-refractivity contribution in [1.82, 2.24) is 10.6 Å². The lowest BCUT2D eigenvalue weighted by atomic mass is 10.1. The second-order valence-electron chi connectivity index (χ2n) is 6.51. The first kappa shape index (κ1) is 20.5. The molecule has 3 amide bonds. The Morgan fingerprint density at radius 2 is 1.72 bits per heavy atom. The van der Waals surface area contributed by atoms with Gasteiger partial charge in [-0.05, 0) is 32.4 Å². The number of nitrogens with one attached hydrogen (secondary N) is 3. The molecular weight excluding hydrogens is 322 g/mol. The van der Waals surface area contributed by atoms with E-state index in [0.717, 1.165) is 5.56 Å². The summed E-state index contributed by atoms with van der Waals surface area (Å²) in [6.45, 7) is 7.58. The molecule has 1 aromatic carbocycles. The SMILES string of the molecule is CCC(=O)Nc1ccccc1CNC(=O)CCNC(=O)OC(C)(C)C. The molecule has 0 aliphatic carbocycles. The highest BCUT2D eigenvalue weighted by atomic mass is 16.6. The van der Waals surface area contributed by atoms with Crippen molar-refractivity contribution in [3.63, 3.8) is 0 Å². The molecule has 0 aliphatic rings. The average Bonchev–Trinajstić information content (AvgIpc) is 2.52. The van der Waals surface area contributed by atoms with E-state index in [1.54, 1.807) is 33.8 Å². The summed E-state index contributed by atoms with van der Waals surface area (Å²) < 4.78 is 5.09. The second-order valence-corrected chi connectivity index (χ2v) is 6.51. The average molecular weight is 349 g/mol. The molecule has 25 heavy (non-hydrogen) atoms. The zero-order chi connectivity index (χ0) is 18.9. The first-order valence-corrected chi connectivity index (χ1v) is 8.32. The first-order chi connectivity index (χ1) is 11.7. The van der Waals surface area contributed by atoms with Crippen molar-refractivity contribution in [2.45, 2.75) is 52.7 Å². The fraction of sp³-hybridized carbons (Fsp3) is 0.500. The molecule has 0 saturated carbocycles. The Morgan fingerprint density at radius 1 is 1.04 bits per heavy atom. The standard InChI is InChI=1S/C18H27N3O4/c1-5-15(22)21-14-9-7-6-8-13(14)12-20-16(23)10-11-19-17(24)25-18(2,3)4/h6-9H,5,10-12H2,1-4H3,(H,19,24)(H,20,23)(H,21,22). The number of ether oxygens (including phenoxy) is 1. The third kappa shape index (κ3) is 8.74. The second kappa shape index (κ2) is 9.66. The van der Waals surface area contributed by atoms with E-state index in [-0.39, 0.29) is 24.8 Å². The van der Waals surface area contributed by atoms with Gasteiger partial charge in [0.15, 0.2) is 0 Å². The van der Waals surface area contributed by atoms with Gasteiger partial charge in [0.25, 0.3) is 0 Å². The predicted molar refractivity (Wildman–Crippen MR) is 96.1 cm³/mol. The van der Waals surface area contributed by atoms with Crippen molar-refractivity contribution < 1.29 is 19.1 Å². The van der Waals surface area contributed by atoms with Crippen LogP contribution >= 0.6 is 0 Å². The van der Waals surface area contributed by atoms with Crippen LogP contribution in [-0.2, 0) is 20.9 Å². The van der Waals surface area contributed by atoms with Gasteiger partial charge in [0.2, 0.25) is 11.8 Å². The van der Waals surface area contributed by atoms with Gasteiger partial charge in [-0.15, -0.1) is 0 Å². The molecule has 0 unspecified atom stereocenters. The maximum Gasteiger partial charge on any atom is 0.407 e. The Balaban J connectivity index is 2.40. The lowest BCUT2D eigenvalue weighted by Crippen LogP contribution is -2.35. The van der Waals surface area contributed by atoms with Crippen LogP contribution in [0.1, 0.15) is 46.1 Å². The summed E-state index contributed by atoms with van der Waals surface area (Å²) >= 11 is 0. The summed E-state index contributed by atoms with van der Waals surface area (Å²) in [6.07, 6.45) is -0.0207. The summed E-state index contributed by atoms with van der Waals surface area (Å²) in [5.74, 6) is -0.284. The molecule has 0 radical (unpaired) electrons. The molecule has 1 rings (SSSR count). The van der Waals surface area contributed by atoms with Gasteiger partial charge >= 0.3 is 6.09 Å². The Morgan fingerprint density at radius 3 is 2.36 bits per heavy atom. The van der Waals surface area contributed by atoms with Crippen LogP contribution in [0.5, 0.6) is 0 Å². The lowest BCUT2D eigenvalue weighted by Gasteiger charge is -2.19. The molecule has 7 heteroatoms. The van der Waals surface area contributed by atoms with Gasteiger partial charge in [0.05, 0.1) is 0 Å². The van der Waals surface area contributed by atoms with Crippen molar-refractivity contribution in [3.8, 4) is 0 Å². The minimum absolute atomic E-state index is 0.0830. The summed E-state index contributed by atoms with van der Waals surface area (Å²) in [6, 6.07) is 7.29. The number of anilines is 1. The van der Waals surface area contributed by atoms with Gasteiger partial charge in [-0.1, -0.05) is 25.1 Å². The number of rotatable bonds is 7. The summed E-state index contributed by atoms with van der Waals surface area (Å²) in [4.78, 5) is 34.9. The van der Waals surface area contributed by atoms with E-state index in [2.05, 4.69) is 16.0 Å². The van der Waals surface area contributed by atoms with Crippen LogP contribution in [0.2, 0.25) is 0 Å². The number of hydrogen-bond acceptors (Lipinski definition) is 4. The minimum Gasteiger partial charge on any atom is -0.444 e. The fourth-order valence-electron chi connectivity index (χ4n) is 1.91. The van der Waals surface area contributed by atoms with E-state index < -0.39 is 11.7 Å². The molecule has 0 atom stereocenters. The van der Waals surface area contributed by atoms with E-state index in [9.17, 15) is 14.4 Å². The quantitative estimate of drug-likeness (QED) is 0.705. The Labute approximate surface area is 148 Å².